The van der Waals surface area contributed by atoms with Gasteiger partial charge in [-0.15, -0.1) is 10.2 Å². The summed E-state index contributed by atoms with van der Waals surface area (Å²) < 4.78 is 8.00. The lowest BCUT2D eigenvalue weighted by atomic mass is 9.99. The Bertz CT molecular complexity index is 392. The van der Waals surface area contributed by atoms with Gasteiger partial charge in [-0.1, -0.05) is 0 Å². The van der Waals surface area contributed by atoms with E-state index in [2.05, 4.69) is 20.1 Å². The standard InChI is InChI=1S/C13H22N4O/c1-10-15-16-13(11-4-2-6-14-8-11)17(10)9-12-5-3-7-18-12/h11-12,14H,2-9H2,1H3. The summed E-state index contributed by atoms with van der Waals surface area (Å²) in [6.45, 7) is 6.04. The van der Waals surface area contributed by atoms with Gasteiger partial charge >= 0.3 is 0 Å². The molecule has 2 atom stereocenters. The van der Waals surface area contributed by atoms with E-state index in [1.54, 1.807) is 0 Å². The highest BCUT2D eigenvalue weighted by molar-refractivity contribution is 5.04. The second-order valence-corrected chi connectivity index (χ2v) is 5.39. The first-order valence-corrected chi connectivity index (χ1v) is 7.06. The fourth-order valence-electron chi connectivity index (χ4n) is 2.99. The number of piperidine rings is 1. The highest BCUT2D eigenvalue weighted by atomic mass is 16.5. The minimum absolute atomic E-state index is 0.356. The number of hydrogen-bond acceptors (Lipinski definition) is 4. The number of aryl methyl sites for hydroxylation is 1. The topological polar surface area (TPSA) is 52.0 Å². The molecule has 1 aromatic rings. The van der Waals surface area contributed by atoms with Crippen molar-refractivity contribution in [2.24, 2.45) is 0 Å². The molecule has 2 aliphatic rings. The van der Waals surface area contributed by atoms with Crippen molar-refractivity contribution in [3.8, 4) is 0 Å². The van der Waals surface area contributed by atoms with Gasteiger partial charge in [0.25, 0.3) is 0 Å². The van der Waals surface area contributed by atoms with Crippen LogP contribution in [0.5, 0.6) is 0 Å². The fraction of sp³-hybridized carbons (Fsp3) is 0.846. The summed E-state index contributed by atoms with van der Waals surface area (Å²) in [6.07, 6.45) is 5.16. The molecule has 0 amide bonds. The van der Waals surface area contributed by atoms with Gasteiger partial charge in [0.05, 0.1) is 12.6 Å². The first-order valence-electron chi connectivity index (χ1n) is 7.06. The molecule has 2 aliphatic heterocycles. The highest BCUT2D eigenvalue weighted by Gasteiger charge is 2.24. The Morgan fingerprint density at radius 2 is 2.28 bits per heavy atom. The zero-order valence-corrected chi connectivity index (χ0v) is 11.1. The first kappa shape index (κ1) is 12.1. The van der Waals surface area contributed by atoms with Crippen molar-refractivity contribution in [1.29, 1.82) is 0 Å². The second-order valence-electron chi connectivity index (χ2n) is 5.39. The lowest BCUT2D eigenvalue weighted by Crippen LogP contribution is -2.31. The minimum Gasteiger partial charge on any atom is -0.376 e. The Labute approximate surface area is 108 Å². The van der Waals surface area contributed by atoms with Crippen molar-refractivity contribution < 1.29 is 4.74 Å². The maximum Gasteiger partial charge on any atom is 0.137 e. The molecule has 0 aliphatic carbocycles. The summed E-state index contributed by atoms with van der Waals surface area (Å²) in [7, 11) is 0. The van der Waals surface area contributed by atoms with Crippen LogP contribution in [0.1, 0.15) is 43.3 Å². The van der Waals surface area contributed by atoms with Crippen molar-refractivity contribution in [3.05, 3.63) is 11.6 Å². The van der Waals surface area contributed by atoms with Gasteiger partial charge in [0.15, 0.2) is 0 Å². The van der Waals surface area contributed by atoms with Crippen LogP contribution in [-0.4, -0.2) is 40.6 Å². The van der Waals surface area contributed by atoms with Crippen molar-refractivity contribution >= 4 is 0 Å². The van der Waals surface area contributed by atoms with Crippen LogP contribution >= 0.6 is 0 Å². The summed E-state index contributed by atoms with van der Waals surface area (Å²) in [4.78, 5) is 0. The summed E-state index contributed by atoms with van der Waals surface area (Å²) in [5, 5.41) is 12.1. The molecule has 0 saturated carbocycles. The van der Waals surface area contributed by atoms with Gasteiger partial charge in [0.1, 0.15) is 11.6 Å². The Morgan fingerprint density at radius 3 is 3.00 bits per heavy atom. The van der Waals surface area contributed by atoms with E-state index >= 15 is 0 Å². The fourth-order valence-corrected chi connectivity index (χ4v) is 2.99. The molecule has 1 N–H and O–H groups in total. The van der Waals surface area contributed by atoms with Crippen molar-refractivity contribution in [2.75, 3.05) is 19.7 Å². The molecule has 2 unspecified atom stereocenters. The van der Waals surface area contributed by atoms with E-state index in [0.717, 1.165) is 37.9 Å². The van der Waals surface area contributed by atoms with Gasteiger partial charge in [-0.3, -0.25) is 0 Å². The van der Waals surface area contributed by atoms with Crippen LogP contribution in [0.2, 0.25) is 0 Å². The van der Waals surface area contributed by atoms with Crippen LogP contribution in [0.25, 0.3) is 0 Å². The van der Waals surface area contributed by atoms with E-state index in [0.29, 0.717) is 12.0 Å². The van der Waals surface area contributed by atoms with Gasteiger partial charge in [0.2, 0.25) is 0 Å². The second kappa shape index (κ2) is 5.36. The molecule has 5 heteroatoms. The van der Waals surface area contributed by atoms with Crippen LogP contribution in [0.4, 0.5) is 0 Å². The molecule has 1 aromatic heterocycles. The molecule has 0 bridgehead atoms. The number of nitrogens with one attached hydrogen (secondary N) is 1. The molecule has 2 saturated heterocycles. The Kier molecular flexibility index (Phi) is 3.61. The first-order chi connectivity index (χ1) is 8.84. The van der Waals surface area contributed by atoms with Crippen molar-refractivity contribution in [3.63, 3.8) is 0 Å². The number of aromatic nitrogens is 3. The summed E-state index contributed by atoms with van der Waals surface area (Å²) in [6, 6.07) is 0. The third kappa shape index (κ3) is 2.42. The normalized spacial score (nSPS) is 28.7. The molecule has 0 aromatic carbocycles. The lowest BCUT2D eigenvalue weighted by molar-refractivity contribution is 0.0952. The van der Waals surface area contributed by atoms with Crippen molar-refractivity contribution in [2.45, 2.75) is 51.2 Å². The zero-order valence-electron chi connectivity index (χ0n) is 11.1. The monoisotopic (exact) mass is 250 g/mol. The Morgan fingerprint density at radius 1 is 1.33 bits per heavy atom. The van der Waals surface area contributed by atoms with E-state index in [-0.39, 0.29) is 0 Å². The number of hydrogen-bond donors (Lipinski definition) is 1. The highest BCUT2D eigenvalue weighted by Crippen LogP contribution is 2.24. The lowest BCUT2D eigenvalue weighted by Gasteiger charge is -2.23. The third-order valence-electron chi connectivity index (χ3n) is 4.04. The van der Waals surface area contributed by atoms with E-state index in [1.165, 1.54) is 25.7 Å². The van der Waals surface area contributed by atoms with Gasteiger partial charge in [-0.25, -0.2) is 0 Å². The zero-order chi connectivity index (χ0) is 12.4. The molecular formula is C13H22N4O. The maximum absolute atomic E-state index is 5.73. The molecule has 100 valence electrons. The molecule has 0 radical (unpaired) electrons. The van der Waals surface area contributed by atoms with E-state index < -0.39 is 0 Å². The average molecular weight is 250 g/mol. The maximum atomic E-state index is 5.73. The molecule has 5 nitrogen and oxygen atoms in total. The summed E-state index contributed by atoms with van der Waals surface area (Å²) in [5.41, 5.74) is 0. The van der Waals surface area contributed by atoms with E-state index in [4.69, 9.17) is 4.74 Å². The van der Waals surface area contributed by atoms with E-state index in [1.807, 2.05) is 6.92 Å². The van der Waals surface area contributed by atoms with Gasteiger partial charge in [-0.05, 0) is 39.2 Å². The molecule has 0 spiro atoms. The Hall–Kier alpha value is -0.940. The summed E-state index contributed by atoms with van der Waals surface area (Å²) >= 11 is 0. The Balaban J connectivity index is 1.76. The van der Waals surface area contributed by atoms with Gasteiger partial charge in [-0.2, -0.15) is 0 Å². The number of nitrogens with zero attached hydrogens (tertiary/aromatic N) is 3. The molecule has 18 heavy (non-hydrogen) atoms. The van der Waals surface area contributed by atoms with Crippen LogP contribution in [0, 0.1) is 6.92 Å². The smallest absolute Gasteiger partial charge is 0.137 e. The number of ether oxygens (including phenoxy) is 1. The molecular weight excluding hydrogens is 228 g/mol. The molecule has 2 fully saturated rings. The van der Waals surface area contributed by atoms with Crippen LogP contribution in [-0.2, 0) is 11.3 Å². The SMILES string of the molecule is Cc1nnc(C2CCCNC2)n1CC1CCCO1. The quantitative estimate of drug-likeness (QED) is 0.876. The third-order valence-corrected chi connectivity index (χ3v) is 4.04. The molecule has 3 heterocycles. The number of rotatable bonds is 3. The molecule has 3 rings (SSSR count). The van der Waals surface area contributed by atoms with Crippen LogP contribution < -0.4 is 5.32 Å². The van der Waals surface area contributed by atoms with Crippen LogP contribution in [0.15, 0.2) is 0 Å². The van der Waals surface area contributed by atoms with Gasteiger partial charge < -0.3 is 14.6 Å². The van der Waals surface area contributed by atoms with Crippen molar-refractivity contribution in [1.82, 2.24) is 20.1 Å². The average Bonchev–Trinajstić information content (AvgIpc) is 3.03. The van der Waals surface area contributed by atoms with Gasteiger partial charge in [0, 0.05) is 19.1 Å². The predicted octanol–water partition coefficient (Wildman–Crippen LogP) is 1.23. The summed E-state index contributed by atoms with van der Waals surface area (Å²) in [5.74, 6) is 2.68. The minimum atomic E-state index is 0.356. The predicted molar refractivity (Wildman–Crippen MR) is 68.6 cm³/mol. The largest absolute Gasteiger partial charge is 0.376 e. The van der Waals surface area contributed by atoms with Crippen LogP contribution in [0.3, 0.4) is 0 Å². The van der Waals surface area contributed by atoms with E-state index in [9.17, 15) is 0 Å².